The van der Waals surface area contributed by atoms with Crippen molar-refractivity contribution < 1.29 is 4.79 Å². The van der Waals surface area contributed by atoms with Crippen LogP contribution in [0, 0.1) is 0 Å². The lowest BCUT2D eigenvalue weighted by Crippen LogP contribution is -2.51. The fraction of sp³-hybridized carbons (Fsp3) is 0.550. The third kappa shape index (κ3) is 3.88. The van der Waals surface area contributed by atoms with Gasteiger partial charge in [-0.25, -0.2) is 0 Å². The van der Waals surface area contributed by atoms with Gasteiger partial charge in [0.2, 0.25) is 5.91 Å². The number of aromatic amines is 1. The van der Waals surface area contributed by atoms with Crippen molar-refractivity contribution in [3.8, 4) is 0 Å². The van der Waals surface area contributed by atoms with Crippen molar-refractivity contribution in [1.82, 2.24) is 14.8 Å². The number of carbonyl (C=O) groups excluding carboxylic acids is 1. The van der Waals surface area contributed by atoms with E-state index < -0.39 is 6.04 Å². The third-order valence-electron chi connectivity index (χ3n) is 5.56. The van der Waals surface area contributed by atoms with E-state index in [9.17, 15) is 4.79 Å². The molecule has 0 aliphatic carbocycles. The number of likely N-dealkylation sites (tertiary alicyclic amines) is 1. The highest BCUT2D eigenvalue weighted by Crippen LogP contribution is 2.21. The lowest BCUT2D eigenvalue weighted by Gasteiger charge is -2.39. The first kappa shape index (κ1) is 18.0. The van der Waals surface area contributed by atoms with Crippen molar-refractivity contribution >= 4 is 16.8 Å². The Morgan fingerprint density at radius 3 is 2.68 bits per heavy atom. The molecule has 1 atom stereocenters. The number of piperidine rings is 1. The van der Waals surface area contributed by atoms with E-state index >= 15 is 0 Å². The summed E-state index contributed by atoms with van der Waals surface area (Å²) in [5.41, 5.74) is 8.47. The van der Waals surface area contributed by atoms with Crippen LogP contribution in [0.15, 0.2) is 30.5 Å². The monoisotopic (exact) mass is 342 g/mol. The molecule has 136 valence electrons. The first-order valence-corrected chi connectivity index (χ1v) is 9.28. The summed E-state index contributed by atoms with van der Waals surface area (Å²) >= 11 is 0. The van der Waals surface area contributed by atoms with Crippen LogP contribution in [0.4, 0.5) is 0 Å². The Kier molecular flexibility index (Phi) is 5.45. The van der Waals surface area contributed by atoms with Gasteiger partial charge in [0.1, 0.15) is 0 Å². The number of hydrogen-bond donors (Lipinski definition) is 2. The number of nitrogens with zero attached hydrogens (tertiary/aromatic N) is 2. The number of amides is 1. The molecule has 2 heterocycles. The molecule has 2 aromatic rings. The quantitative estimate of drug-likeness (QED) is 0.877. The molecule has 25 heavy (non-hydrogen) atoms. The fourth-order valence-corrected chi connectivity index (χ4v) is 3.86. The van der Waals surface area contributed by atoms with Crippen molar-refractivity contribution in [2.45, 2.75) is 51.2 Å². The number of nitrogens with one attached hydrogen (secondary N) is 1. The number of benzene rings is 1. The Morgan fingerprint density at radius 2 is 2.00 bits per heavy atom. The van der Waals surface area contributed by atoms with Crippen molar-refractivity contribution in [2.75, 3.05) is 20.1 Å². The molecule has 1 amide bonds. The van der Waals surface area contributed by atoms with E-state index in [1.165, 1.54) is 0 Å². The van der Waals surface area contributed by atoms with Gasteiger partial charge < -0.3 is 20.5 Å². The highest BCUT2D eigenvalue weighted by Gasteiger charge is 2.29. The Morgan fingerprint density at radius 1 is 1.32 bits per heavy atom. The molecule has 5 nitrogen and oxygen atoms in total. The van der Waals surface area contributed by atoms with Crippen molar-refractivity contribution in [1.29, 1.82) is 0 Å². The Labute approximate surface area is 150 Å². The van der Waals surface area contributed by atoms with Crippen LogP contribution in [0.1, 0.15) is 32.3 Å². The molecule has 5 heteroatoms. The Bertz CT molecular complexity index is 715. The molecule has 0 radical (unpaired) electrons. The maximum absolute atomic E-state index is 12.8. The van der Waals surface area contributed by atoms with Gasteiger partial charge in [0.15, 0.2) is 0 Å². The second-order valence-corrected chi connectivity index (χ2v) is 7.48. The number of para-hydroxylation sites is 1. The molecule has 0 unspecified atom stereocenters. The molecule has 0 saturated carbocycles. The number of fused-ring (bicyclic) bond motifs is 1. The molecule has 1 fully saturated rings. The van der Waals surface area contributed by atoms with Crippen molar-refractivity contribution in [2.24, 2.45) is 5.73 Å². The Hall–Kier alpha value is -1.85. The molecule has 0 spiro atoms. The largest absolute Gasteiger partial charge is 0.361 e. The SMILES string of the molecule is CC(C)N1CCC(N(C)C(=O)[C@@H](N)Cc2c[nH]c3ccccc23)CC1. The summed E-state index contributed by atoms with van der Waals surface area (Å²) in [5, 5.41) is 1.15. The molecule has 1 aromatic heterocycles. The average Bonchev–Trinajstić information content (AvgIpc) is 3.03. The van der Waals surface area contributed by atoms with E-state index in [0.717, 1.165) is 42.4 Å². The first-order valence-electron chi connectivity index (χ1n) is 9.28. The number of nitrogens with two attached hydrogens (primary N) is 1. The first-order chi connectivity index (χ1) is 12.0. The van der Waals surface area contributed by atoms with Gasteiger partial charge in [-0.3, -0.25) is 4.79 Å². The van der Waals surface area contributed by atoms with Gasteiger partial charge in [-0.05, 0) is 44.7 Å². The molecule has 1 aromatic carbocycles. The molecule has 1 saturated heterocycles. The van der Waals surface area contributed by atoms with Gasteiger partial charge in [-0.2, -0.15) is 0 Å². The molecule has 3 N–H and O–H groups in total. The van der Waals surface area contributed by atoms with Gasteiger partial charge in [0.05, 0.1) is 6.04 Å². The third-order valence-corrected chi connectivity index (χ3v) is 5.56. The number of rotatable bonds is 5. The van der Waals surface area contributed by atoms with Crippen LogP contribution in [-0.4, -0.2) is 59.0 Å². The standard InChI is InChI=1S/C20H30N4O/c1-14(2)24-10-8-16(9-11-24)23(3)20(25)18(21)12-15-13-22-19-7-5-4-6-17(15)19/h4-7,13-14,16,18,22H,8-12,21H2,1-3H3/t18-/m0/s1. The van der Waals surface area contributed by atoms with Gasteiger partial charge >= 0.3 is 0 Å². The number of H-pyrrole nitrogens is 1. The van der Waals surface area contributed by atoms with E-state index in [2.05, 4.69) is 29.8 Å². The number of likely N-dealkylation sites (N-methyl/N-ethyl adjacent to an activating group) is 1. The maximum atomic E-state index is 12.8. The second-order valence-electron chi connectivity index (χ2n) is 7.48. The summed E-state index contributed by atoms with van der Waals surface area (Å²) in [4.78, 5) is 20.4. The number of hydrogen-bond acceptors (Lipinski definition) is 3. The van der Waals surface area contributed by atoms with Crippen LogP contribution in [0.2, 0.25) is 0 Å². The zero-order valence-electron chi connectivity index (χ0n) is 15.5. The Balaban J connectivity index is 1.60. The summed E-state index contributed by atoms with van der Waals surface area (Å²) < 4.78 is 0. The predicted molar refractivity (Wildman–Crippen MR) is 102 cm³/mol. The molecule has 3 rings (SSSR count). The normalized spacial score (nSPS) is 18.0. The topological polar surface area (TPSA) is 65.4 Å². The van der Waals surface area contributed by atoms with Crippen molar-refractivity contribution in [3.05, 3.63) is 36.0 Å². The predicted octanol–water partition coefficient (Wildman–Crippen LogP) is 2.37. The minimum absolute atomic E-state index is 0.0493. The molecular weight excluding hydrogens is 312 g/mol. The minimum atomic E-state index is -0.493. The number of aromatic nitrogens is 1. The van der Waals surface area contributed by atoms with Crippen LogP contribution in [0.25, 0.3) is 10.9 Å². The number of carbonyl (C=O) groups is 1. The van der Waals surface area contributed by atoms with Gasteiger partial charge in [-0.15, -0.1) is 0 Å². The van der Waals surface area contributed by atoms with Gasteiger partial charge in [0.25, 0.3) is 0 Å². The lowest BCUT2D eigenvalue weighted by atomic mass is 10.00. The average molecular weight is 342 g/mol. The summed E-state index contributed by atoms with van der Waals surface area (Å²) in [7, 11) is 1.91. The lowest BCUT2D eigenvalue weighted by molar-refractivity contribution is -0.134. The summed E-state index contributed by atoms with van der Waals surface area (Å²) in [6, 6.07) is 8.52. The van der Waals surface area contributed by atoms with Crippen LogP contribution in [0.5, 0.6) is 0 Å². The highest BCUT2D eigenvalue weighted by atomic mass is 16.2. The van der Waals surface area contributed by atoms with E-state index in [1.807, 2.05) is 36.3 Å². The molecule has 1 aliphatic rings. The maximum Gasteiger partial charge on any atom is 0.239 e. The molecular formula is C20H30N4O. The van der Waals surface area contributed by atoms with Crippen LogP contribution in [0.3, 0.4) is 0 Å². The highest BCUT2D eigenvalue weighted by molar-refractivity contribution is 5.86. The van der Waals surface area contributed by atoms with Crippen molar-refractivity contribution in [3.63, 3.8) is 0 Å². The minimum Gasteiger partial charge on any atom is -0.361 e. The van der Waals surface area contributed by atoms with E-state index in [4.69, 9.17) is 5.73 Å². The van der Waals surface area contributed by atoms with E-state index in [0.29, 0.717) is 18.5 Å². The zero-order chi connectivity index (χ0) is 18.0. The van der Waals surface area contributed by atoms with Crippen LogP contribution >= 0.6 is 0 Å². The second kappa shape index (κ2) is 7.58. The summed E-state index contributed by atoms with van der Waals surface area (Å²) in [5.74, 6) is 0.0493. The molecule has 1 aliphatic heterocycles. The fourth-order valence-electron chi connectivity index (χ4n) is 3.86. The van der Waals surface area contributed by atoms with Crippen LogP contribution < -0.4 is 5.73 Å². The van der Waals surface area contributed by atoms with Gasteiger partial charge in [0, 0.05) is 49.3 Å². The molecule has 0 bridgehead atoms. The van der Waals surface area contributed by atoms with E-state index in [-0.39, 0.29) is 5.91 Å². The van der Waals surface area contributed by atoms with Gasteiger partial charge in [-0.1, -0.05) is 18.2 Å². The summed E-state index contributed by atoms with van der Waals surface area (Å²) in [6.07, 6.45) is 4.59. The smallest absolute Gasteiger partial charge is 0.239 e. The van der Waals surface area contributed by atoms with E-state index in [1.54, 1.807) is 0 Å². The summed E-state index contributed by atoms with van der Waals surface area (Å²) in [6.45, 7) is 6.56. The zero-order valence-corrected chi connectivity index (χ0v) is 15.5. The van der Waals surface area contributed by atoms with Crippen LogP contribution in [-0.2, 0) is 11.2 Å².